The van der Waals surface area contributed by atoms with Gasteiger partial charge in [0.15, 0.2) is 0 Å². The standard InChI is InChI=1S/C13H26N4O/c1-12-11-17(9-6-10-18-4)13(15-12)16(3)8-5-7-14-2/h11,14H,5-10H2,1-4H3. The van der Waals surface area contributed by atoms with Gasteiger partial charge in [0.05, 0.1) is 5.69 Å². The second-order valence-electron chi connectivity index (χ2n) is 4.60. The zero-order valence-corrected chi connectivity index (χ0v) is 12.1. The van der Waals surface area contributed by atoms with Crippen molar-refractivity contribution >= 4 is 5.95 Å². The van der Waals surface area contributed by atoms with E-state index in [2.05, 4.69) is 33.0 Å². The van der Waals surface area contributed by atoms with Crippen LogP contribution >= 0.6 is 0 Å². The van der Waals surface area contributed by atoms with Crippen LogP contribution in [-0.4, -0.2) is 50.5 Å². The predicted molar refractivity (Wildman–Crippen MR) is 75.3 cm³/mol. The molecule has 1 heterocycles. The molecule has 1 aromatic heterocycles. The molecule has 0 atom stereocenters. The lowest BCUT2D eigenvalue weighted by molar-refractivity contribution is 0.190. The smallest absolute Gasteiger partial charge is 0.205 e. The number of rotatable bonds is 9. The highest BCUT2D eigenvalue weighted by Crippen LogP contribution is 2.13. The molecule has 0 bridgehead atoms. The van der Waals surface area contributed by atoms with Gasteiger partial charge in [0, 0.05) is 40.1 Å². The van der Waals surface area contributed by atoms with E-state index in [1.54, 1.807) is 7.11 Å². The number of anilines is 1. The molecule has 0 aromatic carbocycles. The van der Waals surface area contributed by atoms with Gasteiger partial charge in [-0.05, 0) is 33.4 Å². The number of hydrogen-bond donors (Lipinski definition) is 1. The maximum Gasteiger partial charge on any atom is 0.205 e. The van der Waals surface area contributed by atoms with Crippen LogP contribution in [0, 0.1) is 6.92 Å². The van der Waals surface area contributed by atoms with Crippen LogP contribution in [0.25, 0.3) is 0 Å². The minimum atomic E-state index is 0.792. The molecule has 0 aliphatic carbocycles. The second-order valence-corrected chi connectivity index (χ2v) is 4.60. The van der Waals surface area contributed by atoms with Crippen molar-refractivity contribution in [3.05, 3.63) is 11.9 Å². The Balaban J connectivity index is 2.56. The fourth-order valence-corrected chi connectivity index (χ4v) is 1.98. The molecule has 18 heavy (non-hydrogen) atoms. The van der Waals surface area contributed by atoms with Crippen LogP contribution in [0.2, 0.25) is 0 Å². The van der Waals surface area contributed by atoms with Crippen LogP contribution in [0.5, 0.6) is 0 Å². The number of imidazole rings is 1. The Morgan fingerprint density at radius 3 is 2.89 bits per heavy atom. The molecule has 0 radical (unpaired) electrons. The van der Waals surface area contributed by atoms with Crippen molar-refractivity contribution in [1.29, 1.82) is 0 Å². The molecule has 0 spiro atoms. The lowest BCUT2D eigenvalue weighted by atomic mass is 10.4. The first kappa shape index (κ1) is 15.0. The van der Waals surface area contributed by atoms with Crippen LogP contribution in [0.15, 0.2) is 6.20 Å². The maximum atomic E-state index is 5.09. The summed E-state index contributed by atoms with van der Waals surface area (Å²) in [4.78, 5) is 6.82. The van der Waals surface area contributed by atoms with Crippen LogP contribution in [0.4, 0.5) is 5.95 Å². The SMILES string of the molecule is CNCCCN(C)c1nc(C)cn1CCCOC. The Labute approximate surface area is 110 Å². The number of nitrogens with zero attached hydrogens (tertiary/aromatic N) is 3. The van der Waals surface area contributed by atoms with Gasteiger partial charge in [0.1, 0.15) is 0 Å². The first-order chi connectivity index (χ1) is 8.69. The van der Waals surface area contributed by atoms with Crippen molar-refractivity contribution in [2.75, 3.05) is 45.8 Å². The summed E-state index contributed by atoms with van der Waals surface area (Å²) in [6.07, 6.45) is 4.25. The van der Waals surface area contributed by atoms with Gasteiger partial charge < -0.3 is 19.5 Å². The second kappa shape index (κ2) is 8.11. The molecule has 5 nitrogen and oxygen atoms in total. The molecule has 1 aromatic rings. The van der Waals surface area contributed by atoms with Crippen LogP contribution < -0.4 is 10.2 Å². The Bertz CT molecular complexity index is 338. The molecule has 0 fully saturated rings. The average Bonchev–Trinajstić information content (AvgIpc) is 2.71. The molecule has 0 saturated heterocycles. The quantitative estimate of drug-likeness (QED) is 0.674. The van der Waals surface area contributed by atoms with E-state index in [1.165, 1.54) is 0 Å². The van der Waals surface area contributed by atoms with Gasteiger partial charge in [-0.25, -0.2) is 4.98 Å². The number of aryl methyl sites for hydroxylation is 2. The summed E-state index contributed by atoms with van der Waals surface area (Å²) in [6.45, 7) is 5.84. The highest BCUT2D eigenvalue weighted by Gasteiger charge is 2.09. The third-order valence-corrected chi connectivity index (χ3v) is 2.89. The Morgan fingerprint density at radius 2 is 2.22 bits per heavy atom. The highest BCUT2D eigenvalue weighted by atomic mass is 16.5. The topological polar surface area (TPSA) is 42.3 Å². The normalized spacial score (nSPS) is 10.9. The zero-order valence-electron chi connectivity index (χ0n) is 12.1. The van der Waals surface area contributed by atoms with Crippen LogP contribution in [-0.2, 0) is 11.3 Å². The van der Waals surface area contributed by atoms with E-state index < -0.39 is 0 Å². The lowest BCUT2D eigenvalue weighted by Gasteiger charge is -2.19. The first-order valence-corrected chi connectivity index (χ1v) is 6.57. The van der Waals surface area contributed by atoms with Gasteiger partial charge in [-0.15, -0.1) is 0 Å². The minimum absolute atomic E-state index is 0.792. The summed E-state index contributed by atoms with van der Waals surface area (Å²) in [5.41, 5.74) is 1.07. The molecular formula is C13H26N4O. The molecule has 0 saturated carbocycles. The highest BCUT2D eigenvalue weighted by molar-refractivity contribution is 5.31. The fraction of sp³-hybridized carbons (Fsp3) is 0.769. The monoisotopic (exact) mass is 254 g/mol. The maximum absolute atomic E-state index is 5.09. The molecule has 0 unspecified atom stereocenters. The molecular weight excluding hydrogens is 228 g/mol. The largest absolute Gasteiger partial charge is 0.385 e. The van der Waals surface area contributed by atoms with Crippen molar-refractivity contribution in [2.24, 2.45) is 0 Å². The van der Waals surface area contributed by atoms with Gasteiger partial charge >= 0.3 is 0 Å². The summed E-state index contributed by atoms with van der Waals surface area (Å²) in [6, 6.07) is 0. The number of aromatic nitrogens is 2. The lowest BCUT2D eigenvalue weighted by Crippen LogP contribution is -2.25. The van der Waals surface area contributed by atoms with E-state index in [9.17, 15) is 0 Å². The van der Waals surface area contributed by atoms with Gasteiger partial charge in [-0.1, -0.05) is 0 Å². The summed E-state index contributed by atoms with van der Waals surface area (Å²) >= 11 is 0. The van der Waals surface area contributed by atoms with Gasteiger partial charge in [-0.2, -0.15) is 0 Å². The van der Waals surface area contributed by atoms with E-state index >= 15 is 0 Å². The van der Waals surface area contributed by atoms with Crippen LogP contribution in [0.1, 0.15) is 18.5 Å². The van der Waals surface area contributed by atoms with E-state index in [1.807, 2.05) is 14.0 Å². The third kappa shape index (κ3) is 4.66. The third-order valence-electron chi connectivity index (χ3n) is 2.89. The molecule has 1 rings (SSSR count). The van der Waals surface area contributed by atoms with E-state index in [4.69, 9.17) is 4.74 Å². The average molecular weight is 254 g/mol. The van der Waals surface area contributed by atoms with E-state index in [0.29, 0.717) is 0 Å². The molecule has 1 N–H and O–H groups in total. The van der Waals surface area contributed by atoms with Gasteiger partial charge in [0.2, 0.25) is 5.95 Å². The zero-order chi connectivity index (χ0) is 13.4. The molecule has 0 aliphatic heterocycles. The summed E-state index contributed by atoms with van der Waals surface area (Å²) in [5, 5.41) is 3.17. The minimum Gasteiger partial charge on any atom is -0.385 e. The van der Waals surface area contributed by atoms with E-state index in [-0.39, 0.29) is 0 Å². The van der Waals surface area contributed by atoms with Crippen molar-refractivity contribution in [1.82, 2.24) is 14.9 Å². The van der Waals surface area contributed by atoms with Crippen molar-refractivity contribution in [2.45, 2.75) is 26.3 Å². The Kier molecular flexibility index (Phi) is 6.75. The Hall–Kier alpha value is -1.07. The summed E-state index contributed by atoms with van der Waals surface area (Å²) < 4.78 is 7.31. The first-order valence-electron chi connectivity index (χ1n) is 6.57. The van der Waals surface area contributed by atoms with Crippen molar-refractivity contribution in [3.63, 3.8) is 0 Å². The molecule has 104 valence electrons. The van der Waals surface area contributed by atoms with Gasteiger partial charge in [-0.3, -0.25) is 0 Å². The summed E-state index contributed by atoms with van der Waals surface area (Å²) in [5.74, 6) is 1.06. The molecule has 0 aliphatic rings. The number of methoxy groups -OCH3 is 1. The molecule has 5 heteroatoms. The van der Waals surface area contributed by atoms with E-state index in [0.717, 1.165) is 50.7 Å². The number of ether oxygens (including phenoxy) is 1. The predicted octanol–water partition coefficient (Wildman–Crippen LogP) is 1.27. The Morgan fingerprint density at radius 1 is 1.44 bits per heavy atom. The van der Waals surface area contributed by atoms with Crippen LogP contribution in [0.3, 0.4) is 0 Å². The fourth-order valence-electron chi connectivity index (χ4n) is 1.98. The summed E-state index contributed by atoms with van der Waals surface area (Å²) in [7, 11) is 5.82. The molecule has 0 amide bonds. The van der Waals surface area contributed by atoms with Gasteiger partial charge in [0.25, 0.3) is 0 Å². The van der Waals surface area contributed by atoms with Crippen molar-refractivity contribution < 1.29 is 4.74 Å². The number of hydrogen-bond acceptors (Lipinski definition) is 4. The van der Waals surface area contributed by atoms with Crippen molar-refractivity contribution in [3.8, 4) is 0 Å². The number of nitrogens with one attached hydrogen (secondary N) is 1.